The van der Waals surface area contributed by atoms with Crippen molar-refractivity contribution in [3.05, 3.63) is 29.5 Å². The van der Waals surface area contributed by atoms with Gasteiger partial charge < -0.3 is 29.9 Å². The number of nitrogens with zero attached hydrogens (tertiary/aromatic N) is 3. The average molecular weight is 489 g/mol. The van der Waals surface area contributed by atoms with Gasteiger partial charge in [0.15, 0.2) is 0 Å². The largest absolute Gasteiger partial charge is 0.733 e. The van der Waals surface area contributed by atoms with Crippen LogP contribution in [-0.2, 0) is 14.3 Å². The fraction of sp³-hybridized carbons (Fsp3) is 0.731. The number of methoxy groups -OCH3 is 1. The van der Waals surface area contributed by atoms with E-state index >= 15 is 0 Å². The van der Waals surface area contributed by atoms with Crippen LogP contribution in [0.5, 0.6) is 0 Å². The van der Waals surface area contributed by atoms with Gasteiger partial charge in [-0.25, -0.2) is 0 Å². The van der Waals surface area contributed by atoms with Crippen LogP contribution in [0.2, 0.25) is 0 Å². The van der Waals surface area contributed by atoms with E-state index in [2.05, 4.69) is 16.7 Å². The predicted octanol–water partition coefficient (Wildman–Crippen LogP) is 2.78. The van der Waals surface area contributed by atoms with Gasteiger partial charge in [0, 0.05) is 56.9 Å². The first-order valence-corrected chi connectivity index (χ1v) is 12.8. The molecule has 2 saturated carbocycles. The van der Waals surface area contributed by atoms with Crippen LogP contribution in [0.25, 0.3) is 0 Å². The first-order chi connectivity index (χ1) is 16.6. The summed E-state index contributed by atoms with van der Waals surface area (Å²) >= 11 is 0. The van der Waals surface area contributed by atoms with E-state index in [1.54, 1.807) is 19.2 Å². The van der Waals surface area contributed by atoms with Crippen molar-refractivity contribution in [1.29, 1.82) is 0 Å². The molecule has 2 heterocycles. The van der Waals surface area contributed by atoms with Gasteiger partial charge in [-0.05, 0) is 63.3 Å². The average Bonchev–Trinajstić information content (AvgIpc) is 3.12. The molecular weight excluding hydrogens is 450 g/mol. The Hall–Kier alpha value is -1.91. The van der Waals surface area contributed by atoms with Gasteiger partial charge >= 0.3 is 5.97 Å². The Morgan fingerprint density at radius 2 is 1.83 bits per heavy atom. The summed E-state index contributed by atoms with van der Waals surface area (Å²) in [4.78, 5) is 17.6. The number of carbonyl (C=O) groups is 1. The van der Waals surface area contributed by atoms with Crippen molar-refractivity contribution < 1.29 is 24.6 Å². The minimum absolute atomic E-state index is 0.00718. The number of esters is 1. The quantitative estimate of drug-likeness (QED) is 0.478. The normalized spacial score (nSPS) is 39.7. The second-order valence-electron chi connectivity index (χ2n) is 11.4. The fourth-order valence-corrected chi connectivity index (χ4v) is 7.35. The Kier molecular flexibility index (Phi) is 6.29. The summed E-state index contributed by atoms with van der Waals surface area (Å²) in [5, 5.41) is 32.0. The summed E-state index contributed by atoms with van der Waals surface area (Å²) < 4.78 is 11.8. The van der Waals surface area contributed by atoms with Gasteiger partial charge in [0.25, 0.3) is 0 Å². The van der Waals surface area contributed by atoms with Gasteiger partial charge in [0.05, 0.1) is 22.8 Å². The summed E-state index contributed by atoms with van der Waals surface area (Å²) in [5.41, 5.74) is -0.733. The molecule has 0 amide bonds. The molecule has 0 radical (unpaired) electrons. The standard InChI is InChI=1S/C26H38N3O6/c1-24-9-4-10-25(2,34-3)26(24,31)15-20-21(23(30)35-22(20)16-24)17-27-11-13-28(14-12-27)18-5-7-19(8-6-18)29(32)33/h5-8,20-22,31-32H,4,9-17H2,1-3H3/q-1/t20-,21+,22+,24+,25+,26-/m0/s1. The van der Waals surface area contributed by atoms with Crippen molar-refractivity contribution in [3.8, 4) is 0 Å². The zero-order valence-electron chi connectivity index (χ0n) is 21.0. The van der Waals surface area contributed by atoms with E-state index in [1.165, 1.54) is 0 Å². The molecule has 0 spiro atoms. The molecular formula is C26H38N3O6-. The third-order valence-electron chi connectivity index (χ3n) is 9.72. The molecule has 9 nitrogen and oxygen atoms in total. The zero-order chi connectivity index (χ0) is 25.0. The number of piperazine rings is 1. The molecule has 35 heavy (non-hydrogen) atoms. The molecule has 0 aromatic heterocycles. The van der Waals surface area contributed by atoms with E-state index in [1.807, 2.05) is 19.1 Å². The molecule has 1 aromatic carbocycles. The van der Waals surface area contributed by atoms with Gasteiger partial charge in [-0.15, -0.1) is 0 Å². The van der Waals surface area contributed by atoms with Gasteiger partial charge in [-0.2, -0.15) is 0 Å². The molecule has 194 valence electrons. The number of hydrogen-bond acceptors (Lipinski definition) is 9. The Labute approximate surface area is 207 Å². The van der Waals surface area contributed by atoms with Crippen LogP contribution in [0, 0.1) is 22.5 Å². The number of hydrogen-bond donors (Lipinski definition) is 2. The van der Waals surface area contributed by atoms with Crippen molar-refractivity contribution in [2.24, 2.45) is 17.3 Å². The lowest BCUT2D eigenvalue weighted by molar-refractivity contribution is -0.270. The zero-order valence-corrected chi connectivity index (χ0v) is 21.0. The van der Waals surface area contributed by atoms with Gasteiger partial charge in [0.2, 0.25) is 0 Å². The molecule has 0 unspecified atom stereocenters. The summed E-state index contributed by atoms with van der Waals surface area (Å²) in [5.74, 6) is -0.378. The lowest BCUT2D eigenvalue weighted by atomic mass is 9.49. The van der Waals surface area contributed by atoms with E-state index in [9.17, 15) is 15.1 Å². The molecule has 2 aliphatic heterocycles. The van der Waals surface area contributed by atoms with Crippen LogP contribution in [0.3, 0.4) is 0 Å². The highest BCUT2D eigenvalue weighted by atomic mass is 16.8. The van der Waals surface area contributed by atoms with Crippen LogP contribution < -0.4 is 10.1 Å². The van der Waals surface area contributed by atoms with Crippen LogP contribution in [0.4, 0.5) is 11.4 Å². The SMILES string of the molecule is CO[C@]1(C)CCC[C@]2(C)C[C@H]3OC(=O)[C@H](CN4CCN(c5ccc(N([O-])O)cc5)CC4)[C@@H]3C[C@]21O. The Balaban J connectivity index is 1.25. The molecule has 2 aliphatic carbocycles. The summed E-state index contributed by atoms with van der Waals surface area (Å²) in [6, 6.07) is 6.87. The molecule has 1 aromatic rings. The maximum atomic E-state index is 13.0. The number of anilines is 2. The third kappa shape index (κ3) is 4.01. The van der Waals surface area contributed by atoms with Gasteiger partial charge in [-0.1, -0.05) is 6.92 Å². The number of fused-ring (bicyclic) bond motifs is 2. The molecule has 6 atom stereocenters. The minimum atomic E-state index is -0.987. The maximum absolute atomic E-state index is 13.0. The molecule has 5 rings (SSSR count). The van der Waals surface area contributed by atoms with E-state index in [0.29, 0.717) is 19.4 Å². The fourth-order valence-electron chi connectivity index (χ4n) is 7.35. The first-order valence-electron chi connectivity index (χ1n) is 12.8. The maximum Gasteiger partial charge on any atom is 0.310 e. The van der Waals surface area contributed by atoms with E-state index in [4.69, 9.17) is 14.7 Å². The van der Waals surface area contributed by atoms with Crippen molar-refractivity contribution in [2.75, 3.05) is 50.0 Å². The van der Waals surface area contributed by atoms with Crippen molar-refractivity contribution in [2.45, 2.75) is 63.3 Å². The first kappa shape index (κ1) is 24.8. The molecule has 4 aliphatic rings. The highest BCUT2D eigenvalue weighted by Crippen LogP contribution is 2.61. The highest BCUT2D eigenvalue weighted by Gasteiger charge is 2.67. The second-order valence-corrected chi connectivity index (χ2v) is 11.4. The van der Waals surface area contributed by atoms with Crippen molar-refractivity contribution >= 4 is 17.3 Å². The second kappa shape index (κ2) is 8.88. The van der Waals surface area contributed by atoms with E-state index < -0.39 is 11.2 Å². The molecule has 9 heteroatoms. The Morgan fingerprint density at radius 1 is 1.14 bits per heavy atom. The third-order valence-corrected chi connectivity index (χ3v) is 9.72. The lowest BCUT2D eigenvalue weighted by Gasteiger charge is -2.62. The summed E-state index contributed by atoms with van der Waals surface area (Å²) in [6.07, 6.45) is 3.82. The number of carbonyl (C=O) groups excluding carboxylic acids is 1. The summed E-state index contributed by atoms with van der Waals surface area (Å²) in [7, 11) is 1.69. The van der Waals surface area contributed by atoms with Gasteiger partial charge in [-0.3, -0.25) is 14.9 Å². The highest BCUT2D eigenvalue weighted by molar-refractivity contribution is 5.75. The van der Waals surface area contributed by atoms with Crippen LogP contribution >= 0.6 is 0 Å². The van der Waals surface area contributed by atoms with E-state index in [0.717, 1.165) is 51.1 Å². The number of benzene rings is 1. The Bertz CT molecular complexity index is 936. The van der Waals surface area contributed by atoms with Crippen LogP contribution in [0.15, 0.2) is 24.3 Å². The smallest absolute Gasteiger partial charge is 0.310 e. The molecule has 2 N–H and O–H groups in total. The molecule has 2 saturated heterocycles. The number of rotatable bonds is 5. The predicted molar refractivity (Wildman–Crippen MR) is 131 cm³/mol. The summed E-state index contributed by atoms with van der Waals surface area (Å²) in [6.45, 7) is 8.04. The van der Waals surface area contributed by atoms with Gasteiger partial charge in [0.1, 0.15) is 6.10 Å². The van der Waals surface area contributed by atoms with Crippen molar-refractivity contribution in [1.82, 2.24) is 4.90 Å². The minimum Gasteiger partial charge on any atom is -0.733 e. The number of ether oxygens (including phenoxy) is 2. The monoisotopic (exact) mass is 488 g/mol. The lowest BCUT2D eigenvalue weighted by Crippen LogP contribution is -2.69. The van der Waals surface area contributed by atoms with Crippen LogP contribution in [0.1, 0.15) is 46.0 Å². The Morgan fingerprint density at radius 3 is 2.46 bits per heavy atom. The number of aliphatic hydroxyl groups is 1. The van der Waals surface area contributed by atoms with Crippen LogP contribution in [-0.4, -0.2) is 78.3 Å². The molecule has 0 bridgehead atoms. The molecule has 4 fully saturated rings. The topological polar surface area (TPSA) is 109 Å². The van der Waals surface area contributed by atoms with E-state index in [-0.39, 0.29) is 40.2 Å². The van der Waals surface area contributed by atoms with Crippen molar-refractivity contribution in [3.63, 3.8) is 0 Å².